The molecule has 0 saturated heterocycles. The van der Waals surface area contributed by atoms with Crippen molar-refractivity contribution in [2.75, 3.05) is 0 Å². The van der Waals surface area contributed by atoms with Crippen LogP contribution in [0.3, 0.4) is 0 Å². The van der Waals surface area contributed by atoms with Crippen LogP contribution < -0.4 is 0 Å². The lowest BCUT2D eigenvalue weighted by Crippen LogP contribution is -2.03. The summed E-state index contributed by atoms with van der Waals surface area (Å²) in [4.78, 5) is 4.26. The van der Waals surface area contributed by atoms with Gasteiger partial charge in [-0.15, -0.1) is 0 Å². The van der Waals surface area contributed by atoms with Crippen molar-refractivity contribution in [1.82, 2.24) is 14.8 Å². The van der Waals surface area contributed by atoms with Gasteiger partial charge in [-0.2, -0.15) is 5.10 Å². The molecule has 0 aliphatic carbocycles. The maximum absolute atomic E-state index is 4.31. The van der Waals surface area contributed by atoms with Gasteiger partial charge in [0.2, 0.25) is 0 Å². The van der Waals surface area contributed by atoms with Crippen molar-refractivity contribution in [1.29, 1.82) is 0 Å². The first kappa shape index (κ1) is 8.93. The summed E-state index contributed by atoms with van der Waals surface area (Å²) in [6.45, 7) is 4.24. The Labute approximate surface area is 90.3 Å². The minimum absolute atomic E-state index is 0.384. The number of hydrogen-bond acceptors (Lipinski definition) is 2. The quantitative estimate of drug-likeness (QED) is 0.755. The van der Waals surface area contributed by atoms with E-state index in [0.29, 0.717) is 6.04 Å². The molecule has 0 aliphatic heterocycles. The summed E-state index contributed by atoms with van der Waals surface area (Å²) in [5, 5.41) is 4.31. The van der Waals surface area contributed by atoms with Gasteiger partial charge >= 0.3 is 0 Å². The van der Waals surface area contributed by atoms with Crippen LogP contribution in [0, 0.1) is 3.57 Å². The molecule has 0 N–H and O–H groups in total. The molecule has 0 aliphatic rings. The van der Waals surface area contributed by atoms with Crippen molar-refractivity contribution in [2.24, 2.45) is 0 Å². The fourth-order valence-electron chi connectivity index (χ4n) is 1.33. The Morgan fingerprint density at radius 2 is 2.23 bits per heavy atom. The highest BCUT2D eigenvalue weighted by molar-refractivity contribution is 14.1. The lowest BCUT2D eigenvalue weighted by molar-refractivity contribution is 0.550. The molecule has 2 rings (SSSR count). The Kier molecular flexibility index (Phi) is 2.23. The van der Waals surface area contributed by atoms with Crippen LogP contribution >= 0.6 is 22.6 Å². The van der Waals surface area contributed by atoms with E-state index < -0.39 is 0 Å². The molecular formula is C9H10IN3. The van der Waals surface area contributed by atoms with Crippen LogP contribution in [0.5, 0.6) is 0 Å². The molecular weight excluding hydrogens is 277 g/mol. The summed E-state index contributed by atoms with van der Waals surface area (Å²) in [5.74, 6) is 0. The summed E-state index contributed by atoms with van der Waals surface area (Å²) in [6.07, 6.45) is 3.63. The topological polar surface area (TPSA) is 30.7 Å². The number of halogens is 1. The number of fused-ring (bicyclic) bond motifs is 1. The zero-order valence-electron chi connectivity index (χ0n) is 7.53. The Balaban J connectivity index is 2.79. The fourth-order valence-corrected chi connectivity index (χ4v) is 2.02. The summed E-state index contributed by atoms with van der Waals surface area (Å²) in [6, 6.07) is 2.39. The number of rotatable bonds is 1. The first-order chi connectivity index (χ1) is 6.20. The molecule has 0 unspecified atom stereocenters. The van der Waals surface area contributed by atoms with E-state index in [0.717, 1.165) is 11.0 Å². The molecule has 4 heteroatoms. The van der Waals surface area contributed by atoms with Gasteiger partial charge in [0.05, 0.1) is 6.20 Å². The van der Waals surface area contributed by atoms with Gasteiger partial charge in [0.25, 0.3) is 0 Å². The second kappa shape index (κ2) is 3.25. The van der Waals surface area contributed by atoms with Crippen LogP contribution in [0.15, 0.2) is 18.5 Å². The van der Waals surface area contributed by atoms with E-state index >= 15 is 0 Å². The average Bonchev–Trinajstić information content (AvgIpc) is 2.49. The van der Waals surface area contributed by atoms with Gasteiger partial charge < -0.3 is 0 Å². The second-order valence-corrected chi connectivity index (χ2v) is 4.37. The van der Waals surface area contributed by atoms with E-state index in [1.807, 2.05) is 23.1 Å². The number of pyridine rings is 1. The molecule has 2 aromatic heterocycles. The lowest BCUT2D eigenvalue weighted by Gasteiger charge is -2.07. The van der Waals surface area contributed by atoms with E-state index in [1.54, 1.807) is 0 Å². The van der Waals surface area contributed by atoms with Crippen LogP contribution in [-0.4, -0.2) is 14.8 Å². The highest BCUT2D eigenvalue weighted by Gasteiger charge is 2.08. The molecule has 68 valence electrons. The minimum Gasteiger partial charge on any atom is -0.260 e. The molecule has 0 spiro atoms. The van der Waals surface area contributed by atoms with Gasteiger partial charge in [0.15, 0.2) is 0 Å². The lowest BCUT2D eigenvalue weighted by atomic mass is 10.3. The molecule has 0 aromatic carbocycles. The maximum Gasteiger partial charge on any atom is 0.109 e. The fraction of sp³-hybridized carbons (Fsp3) is 0.333. The Morgan fingerprint density at radius 1 is 1.46 bits per heavy atom. The summed E-state index contributed by atoms with van der Waals surface area (Å²) in [5.41, 5.74) is 2.11. The van der Waals surface area contributed by atoms with Crippen LogP contribution in [0.2, 0.25) is 0 Å². The Hall–Kier alpha value is -0.650. The van der Waals surface area contributed by atoms with Crippen LogP contribution in [0.4, 0.5) is 0 Å². The van der Waals surface area contributed by atoms with Crippen LogP contribution in [-0.2, 0) is 0 Å². The minimum atomic E-state index is 0.384. The van der Waals surface area contributed by atoms with Crippen molar-refractivity contribution in [3.63, 3.8) is 0 Å². The van der Waals surface area contributed by atoms with Crippen molar-refractivity contribution in [3.8, 4) is 0 Å². The summed E-state index contributed by atoms with van der Waals surface area (Å²) >= 11 is 2.31. The van der Waals surface area contributed by atoms with Gasteiger partial charge in [-0.3, -0.25) is 9.67 Å². The van der Waals surface area contributed by atoms with Crippen molar-refractivity contribution in [2.45, 2.75) is 19.9 Å². The second-order valence-electron chi connectivity index (χ2n) is 3.21. The van der Waals surface area contributed by atoms with E-state index in [-0.39, 0.29) is 0 Å². The molecule has 0 radical (unpaired) electrons. The van der Waals surface area contributed by atoms with Gasteiger partial charge in [0.1, 0.15) is 11.0 Å². The number of aromatic nitrogens is 3. The monoisotopic (exact) mass is 287 g/mol. The van der Waals surface area contributed by atoms with Gasteiger partial charge in [0, 0.05) is 15.8 Å². The largest absolute Gasteiger partial charge is 0.260 e. The SMILES string of the molecule is CC(C)n1ncc2nccc(I)c21. The molecule has 0 atom stereocenters. The molecule has 0 amide bonds. The molecule has 0 saturated carbocycles. The Morgan fingerprint density at radius 3 is 2.92 bits per heavy atom. The zero-order valence-corrected chi connectivity index (χ0v) is 9.69. The normalized spacial score (nSPS) is 11.4. The van der Waals surface area contributed by atoms with Crippen molar-refractivity contribution >= 4 is 33.6 Å². The third kappa shape index (κ3) is 1.43. The van der Waals surface area contributed by atoms with Gasteiger partial charge in [-0.25, -0.2) is 0 Å². The molecule has 0 bridgehead atoms. The number of nitrogens with zero attached hydrogens (tertiary/aromatic N) is 3. The van der Waals surface area contributed by atoms with E-state index in [4.69, 9.17) is 0 Å². The third-order valence-electron chi connectivity index (χ3n) is 1.93. The molecule has 0 fully saturated rings. The van der Waals surface area contributed by atoms with Crippen LogP contribution in [0.1, 0.15) is 19.9 Å². The summed E-state index contributed by atoms with van der Waals surface area (Å²) in [7, 11) is 0. The number of hydrogen-bond donors (Lipinski definition) is 0. The zero-order chi connectivity index (χ0) is 9.42. The molecule has 13 heavy (non-hydrogen) atoms. The molecule has 2 aromatic rings. The van der Waals surface area contributed by atoms with Crippen LogP contribution in [0.25, 0.3) is 11.0 Å². The first-order valence-corrected chi connectivity index (χ1v) is 5.25. The highest BCUT2D eigenvalue weighted by atomic mass is 127. The van der Waals surface area contributed by atoms with E-state index in [1.165, 1.54) is 3.57 Å². The molecule has 3 nitrogen and oxygen atoms in total. The molecule has 2 heterocycles. The Bertz CT molecular complexity index is 433. The van der Waals surface area contributed by atoms with Crippen molar-refractivity contribution < 1.29 is 0 Å². The standard InChI is InChI=1S/C9H10IN3/c1-6(2)13-9-7(10)3-4-11-8(9)5-12-13/h3-6H,1-2H3. The van der Waals surface area contributed by atoms with Gasteiger partial charge in [-0.05, 0) is 42.5 Å². The maximum atomic E-state index is 4.31. The smallest absolute Gasteiger partial charge is 0.109 e. The first-order valence-electron chi connectivity index (χ1n) is 4.18. The predicted molar refractivity (Wildman–Crippen MR) is 60.6 cm³/mol. The predicted octanol–water partition coefficient (Wildman–Crippen LogP) is 2.62. The third-order valence-corrected chi connectivity index (χ3v) is 2.80. The van der Waals surface area contributed by atoms with E-state index in [9.17, 15) is 0 Å². The average molecular weight is 287 g/mol. The van der Waals surface area contributed by atoms with E-state index in [2.05, 4.69) is 46.5 Å². The van der Waals surface area contributed by atoms with Crippen molar-refractivity contribution in [3.05, 3.63) is 22.0 Å². The summed E-state index contributed by atoms with van der Waals surface area (Å²) < 4.78 is 3.21. The highest BCUT2D eigenvalue weighted by Crippen LogP contribution is 2.20. The van der Waals surface area contributed by atoms with Gasteiger partial charge in [-0.1, -0.05) is 0 Å².